The van der Waals surface area contributed by atoms with E-state index >= 15 is 0 Å². The van der Waals surface area contributed by atoms with Crippen LogP contribution in [0.25, 0.3) is 16.9 Å². The van der Waals surface area contributed by atoms with Gasteiger partial charge < -0.3 is 5.32 Å². The number of pyridine rings is 1. The molecular weight excluding hydrogens is 332 g/mol. The minimum Gasteiger partial charge on any atom is -0.304 e. The highest BCUT2D eigenvalue weighted by molar-refractivity contribution is 7.09. The summed E-state index contributed by atoms with van der Waals surface area (Å²) in [6.45, 7) is 3.89. The SMILES string of the molecule is Cc1nc(C(=O)Nc2c(-c3ccccc3)nc3c(C)cccn23)cs1. The lowest BCUT2D eigenvalue weighted by atomic mass is 10.1. The highest BCUT2D eigenvalue weighted by atomic mass is 32.1. The molecule has 0 aliphatic rings. The van der Waals surface area contributed by atoms with Crippen LogP contribution in [0.4, 0.5) is 5.82 Å². The van der Waals surface area contributed by atoms with Crippen molar-refractivity contribution in [1.82, 2.24) is 14.4 Å². The maximum atomic E-state index is 12.6. The van der Waals surface area contributed by atoms with E-state index in [0.717, 1.165) is 27.5 Å². The van der Waals surface area contributed by atoms with Gasteiger partial charge in [0.05, 0.1) is 5.01 Å². The largest absolute Gasteiger partial charge is 0.304 e. The van der Waals surface area contributed by atoms with Gasteiger partial charge in [-0.05, 0) is 25.5 Å². The molecule has 0 fully saturated rings. The van der Waals surface area contributed by atoms with Crippen molar-refractivity contribution in [1.29, 1.82) is 0 Å². The molecule has 1 N–H and O–H groups in total. The van der Waals surface area contributed by atoms with Gasteiger partial charge >= 0.3 is 0 Å². The Kier molecular flexibility index (Phi) is 3.82. The number of amides is 1. The highest BCUT2D eigenvalue weighted by Crippen LogP contribution is 2.30. The number of carbonyl (C=O) groups excluding carboxylic acids is 1. The summed E-state index contributed by atoms with van der Waals surface area (Å²) in [6.07, 6.45) is 1.91. The first-order chi connectivity index (χ1) is 12.1. The number of anilines is 1. The Labute approximate surface area is 149 Å². The van der Waals surface area contributed by atoms with E-state index in [4.69, 9.17) is 4.98 Å². The van der Waals surface area contributed by atoms with Crippen molar-refractivity contribution in [3.63, 3.8) is 0 Å². The first kappa shape index (κ1) is 15.5. The fraction of sp³-hybridized carbons (Fsp3) is 0.105. The topological polar surface area (TPSA) is 59.3 Å². The number of hydrogen-bond acceptors (Lipinski definition) is 4. The molecule has 25 heavy (non-hydrogen) atoms. The molecule has 0 bridgehead atoms. The number of imidazole rings is 1. The van der Waals surface area contributed by atoms with Crippen LogP contribution in [0.3, 0.4) is 0 Å². The molecule has 5 nitrogen and oxygen atoms in total. The molecule has 1 amide bonds. The van der Waals surface area contributed by atoms with Gasteiger partial charge in [0, 0.05) is 17.1 Å². The molecule has 4 aromatic rings. The number of fused-ring (bicyclic) bond motifs is 1. The van der Waals surface area contributed by atoms with E-state index in [1.165, 1.54) is 11.3 Å². The monoisotopic (exact) mass is 348 g/mol. The molecule has 3 aromatic heterocycles. The second-order valence-electron chi connectivity index (χ2n) is 5.77. The molecule has 124 valence electrons. The summed E-state index contributed by atoms with van der Waals surface area (Å²) in [5.74, 6) is 0.422. The van der Waals surface area contributed by atoms with Crippen molar-refractivity contribution in [3.05, 3.63) is 70.3 Å². The van der Waals surface area contributed by atoms with Crippen molar-refractivity contribution in [2.24, 2.45) is 0 Å². The van der Waals surface area contributed by atoms with Crippen LogP contribution in [0, 0.1) is 13.8 Å². The summed E-state index contributed by atoms with van der Waals surface area (Å²) in [7, 11) is 0. The number of aryl methyl sites for hydroxylation is 2. The average Bonchev–Trinajstić information content (AvgIpc) is 3.21. The molecule has 1 aromatic carbocycles. The van der Waals surface area contributed by atoms with Crippen LogP contribution in [-0.2, 0) is 0 Å². The second kappa shape index (κ2) is 6.14. The number of nitrogens with zero attached hydrogens (tertiary/aromatic N) is 3. The molecule has 0 saturated carbocycles. The summed E-state index contributed by atoms with van der Waals surface area (Å²) < 4.78 is 1.91. The highest BCUT2D eigenvalue weighted by Gasteiger charge is 2.19. The van der Waals surface area contributed by atoms with Gasteiger partial charge in [-0.15, -0.1) is 11.3 Å². The average molecular weight is 348 g/mol. The molecular formula is C19H16N4OS. The van der Waals surface area contributed by atoms with E-state index in [-0.39, 0.29) is 5.91 Å². The number of aromatic nitrogens is 3. The standard InChI is InChI=1S/C19H16N4OS/c1-12-7-6-10-23-17(12)21-16(14-8-4-3-5-9-14)18(23)22-19(24)15-11-25-13(2)20-15/h3-11H,1-2H3,(H,22,24). The zero-order valence-corrected chi connectivity index (χ0v) is 14.7. The van der Waals surface area contributed by atoms with E-state index < -0.39 is 0 Å². The molecule has 0 aliphatic heterocycles. The molecule has 0 aliphatic carbocycles. The Morgan fingerprint density at radius 3 is 2.60 bits per heavy atom. The molecule has 0 unspecified atom stereocenters. The van der Waals surface area contributed by atoms with Crippen LogP contribution >= 0.6 is 11.3 Å². The predicted molar refractivity (Wildman–Crippen MR) is 100 cm³/mol. The Morgan fingerprint density at radius 1 is 1.08 bits per heavy atom. The Bertz CT molecular complexity index is 1070. The van der Waals surface area contributed by atoms with Crippen LogP contribution in [0.2, 0.25) is 0 Å². The van der Waals surface area contributed by atoms with Crippen LogP contribution in [0.5, 0.6) is 0 Å². The molecule has 6 heteroatoms. The van der Waals surface area contributed by atoms with Crippen LogP contribution in [0.15, 0.2) is 54.0 Å². The summed E-state index contributed by atoms with van der Waals surface area (Å²) in [5, 5.41) is 5.62. The number of hydrogen-bond donors (Lipinski definition) is 1. The van der Waals surface area contributed by atoms with Crippen LogP contribution in [-0.4, -0.2) is 20.3 Å². The first-order valence-corrected chi connectivity index (χ1v) is 8.78. The molecule has 0 radical (unpaired) electrons. The number of carbonyl (C=O) groups is 1. The third-order valence-corrected chi connectivity index (χ3v) is 4.75. The third-order valence-electron chi connectivity index (χ3n) is 3.98. The van der Waals surface area contributed by atoms with Gasteiger partial charge in [-0.25, -0.2) is 9.97 Å². The minimum atomic E-state index is -0.232. The first-order valence-electron chi connectivity index (χ1n) is 7.90. The molecule has 4 rings (SSSR count). The van der Waals surface area contributed by atoms with Crippen molar-refractivity contribution in [2.45, 2.75) is 13.8 Å². The van der Waals surface area contributed by atoms with Crippen LogP contribution in [0.1, 0.15) is 21.1 Å². The normalized spacial score (nSPS) is 11.0. The predicted octanol–water partition coefficient (Wildman–Crippen LogP) is 4.33. The number of benzene rings is 1. The van der Waals surface area contributed by atoms with Gasteiger partial charge in [-0.3, -0.25) is 9.20 Å². The van der Waals surface area contributed by atoms with Crippen molar-refractivity contribution < 1.29 is 4.79 Å². The van der Waals surface area contributed by atoms with E-state index in [0.29, 0.717) is 11.5 Å². The maximum Gasteiger partial charge on any atom is 0.276 e. The lowest BCUT2D eigenvalue weighted by Crippen LogP contribution is -2.14. The Morgan fingerprint density at radius 2 is 1.88 bits per heavy atom. The fourth-order valence-electron chi connectivity index (χ4n) is 2.76. The zero-order valence-electron chi connectivity index (χ0n) is 13.9. The molecule has 0 spiro atoms. The van der Waals surface area contributed by atoms with E-state index in [2.05, 4.69) is 10.3 Å². The quantitative estimate of drug-likeness (QED) is 0.599. The summed E-state index contributed by atoms with van der Waals surface area (Å²) in [5.41, 5.74) is 3.99. The molecule has 0 atom stereocenters. The number of thiazole rings is 1. The smallest absolute Gasteiger partial charge is 0.276 e. The Balaban J connectivity index is 1.86. The van der Waals surface area contributed by atoms with E-state index in [1.54, 1.807) is 5.38 Å². The lowest BCUT2D eigenvalue weighted by Gasteiger charge is -2.07. The second-order valence-corrected chi connectivity index (χ2v) is 6.83. The fourth-order valence-corrected chi connectivity index (χ4v) is 3.35. The van der Waals surface area contributed by atoms with Gasteiger partial charge in [-0.1, -0.05) is 36.4 Å². The van der Waals surface area contributed by atoms with Crippen molar-refractivity contribution >= 4 is 28.7 Å². The van der Waals surface area contributed by atoms with Gasteiger partial charge in [0.2, 0.25) is 0 Å². The van der Waals surface area contributed by atoms with Gasteiger partial charge in [0.1, 0.15) is 22.9 Å². The van der Waals surface area contributed by atoms with Gasteiger partial charge in [-0.2, -0.15) is 0 Å². The summed E-state index contributed by atoms with van der Waals surface area (Å²) in [4.78, 5) is 21.7. The lowest BCUT2D eigenvalue weighted by molar-refractivity contribution is 0.102. The third kappa shape index (κ3) is 2.81. The van der Waals surface area contributed by atoms with Crippen molar-refractivity contribution in [2.75, 3.05) is 5.32 Å². The van der Waals surface area contributed by atoms with Gasteiger partial charge in [0.25, 0.3) is 5.91 Å². The Hall–Kier alpha value is -2.99. The van der Waals surface area contributed by atoms with Crippen molar-refractivity contribution in [3.8, 4) is 11.3 Å². The summed E-state index contributed by atoms with van der Waals surface area (Å²) >= 11 is 1.46. The summed E-state index contributed by atoms with van der Waals surface area (Å²) in [6, 6.07) is 13.8. The van der Waals surface area contributed by atoms with E-state index in [9.17, 15) is 4.79 Å². The minimum absolute atomic E-state index is 0.232. The number of nitrogens with one attached hydrogen (secondary N) is 1. The van der Waals surface area contributed by atoms with E-state index in [1.807, 2.05) is 66.9 Å². The maximum absolute atomic E-state index is 12.6. The van der Waals surface area contributed by atoms with Crippen LogP contribution < -0.4 is 5.32 Å². The molecule has 0 saturated heterocycles. The van der Waals surface area contributed by atoms with Gasteiger partial charge in [0.15, 0.2) is 0 Å². The zero-order chi connectivity index (χ0) is 17.4. The number of rotatable bonds is 3. The molecule has 3 heterocycles.